The van der Waals surface area contributed by atoms with Crippen molar-refractivity contribution in [2.24, 2.45) is 0 Å². The van der Waals surface area contributed by atoms with Gasteiger partial charge in [-0.1, -0.05) is 30.0 Å². The van der Waals surface area contributed by atoms with Crippen LogP contribution in [0.1, 0.15) is 24.3 Å². The number of hydrogen-bond donors (Lipinski definition) is 1. The molecular formula is C17H17F2NS. The molecule has 0 spiro atoms. The fourth-order valence-electron chi connectivity index (χ4n) is 2.74. The van der Waals surface area contributed by atoms with Gasteiger partial charge < -0.3 is 5.32 Å². The smallest absolute Gasteiger partial charge is 0.137 e. The lowest BCUT2D eigenvalue weighted by Gasteiger charge is -2.25. The van der Waals surface area contributed by atoms with Gasteiger partial charge in [-0.2, -0.15) is 0 Å². The van der Waals surface area contributed by atoms with Crippen LogP contribution in [0.3, 0.4) is 0 Å². The molecule has 1 nitrogen and oxygen atoms in total. The van der Waals surface area contributed by atoms with Crippen LogP contribution in [0.15, 0.2) is 52.3 Å². The minimum atomic E-state index is -0.292. The standard InChI is InChI=1S/C17H17F2NS/c18-13-3-1-4-14(11-13)21-17-15(5-2-6-16(17)19)12-7-9-20-10-8-12/h1-6,11-12,20H,7-10H2. The number of hydrogen-bond acceptors (Lipinski definition) is 2. The van der Waals surface area contributed by atoms with Crippen LogP contribution >= 0.6 is 11.8 Å². The number of nitrogens with one attached hydrogen (secondary N) is 1. The van der Waals surface area contributed by atoms with E-state index < -0.39 is 0 Å². The van der Waals surface area contributed by atoms with Crippen molar-refractivity contribution in [3.05, 3.63) is 59.7 Å². The number of benzene rings is 2. The second-order valence-corrected chi connectivity index (χ2v) is 6.33. The van der Waals surface area contributed by atoms with E-state index in [1.165, 1.54) is 30.0 Å². The first-order chi connectivity index (χ1) is 10.2. The maximum atomic E-state index is 14.3. The van der Waals surface area contributed by atoms with Gasteiger partial charge >= 0.3 is 0 Å². The van der Waals surface area contributed by atoms with Gasteiger partial charge in [0.15, 0.2) is 0 Å². The van der Waals surface area contributed by atoms with Gasteiger partial charge in [0.1, 0.15) is 11.6 Å². The second kappa shape index (κ2) is 6.58. The third-order valence-electron chi connectivity index (χ3n) is 3.79. The molecule has 2 aromatic rings. The van der Waals surface area contributed by atoms with Crippen molar-refractivity contribution in [3.8, 4) is 0 Å². The Balaban J connectivity index is 1.93. The van der Waals surface area contributed by atoms with E-state index in [2.05, 4.69) is 5.32 Å². The molecule has 0 amide bonds. The molecule has 3 rings (SSSR count). The predicted octanol–water partition coefficient (Wildman–Crippen LogP) is 4.58. The fourth-order valence-corrected chi connectivity index (χ4v) is 3.81. The van der Waals surface area contributed by atoms with Gasteiger partial charge in [0.2, 0.25) is 0 Å². The van der Waals surface area contributed by atoms with Gasteiger partial charge in [-0.25, -0.2) is 8.78 Å². The Hall–Kier alpha value is -1.39. The maximum Gasteiger partial charge on any atom is 0.137 e. The fraction of sp³-hybridized carbons (Fsp3) is 0.294. The summed E-state index contributed by atoms with van der Waals surface area (Å²) in [5.74, 6) is -0.141. The van der Waals surface area contributed by atoms with E-state index in [1.807, 2.05) is 12.1 Å². The molecule has 1 aliphatic heterocycles. The topological polar surface area (TPSA) is 12.0 Å². The van der Waals surface area contributed by atoms with Crippen LogP contribution in [0.4, 0.5) is 8.78 Å². The quantitative estimate of drug-likeness (QED) is 0.890. The van der Waals surface area contributed by atoms with Crippen LogP contribution in [0.2, 0.25) is 0 Å². The molecule has 110 valence electrons. The van der Waals surface area contributed by atoms with Crippen LogP contribution in [-0.4, -0.2) is 13.1 Å². The first-order valence-corrected chi connectivity index (χ1v) is 7.98. The lowest BCUT2D eigenvalue weighted by Crippen LogP contribution is -2.26. The normalized spacial score (nSPS) is 16.1. The molecule has 1 fully saturated rings. The Bertz CT molecular complexity index is 624. The molecule has 0 aliphatic carbocycles. The third-order valence-corrected chi connectivity index (χ3v) is 4.92. The third kappa shape index (κ3) is 3.44. The highest BCUT2D eigenvalue weighted by Crippen LogP contribution is 2.38. The Morgan fingerprint density at radius 1 is 1.00 bits per heavy atom. The summed E-state index contributed by atoms with van der Waals surface area (Å²) in [6, 6.07) is 11.6. The van der Waals surface area contributed by atoms with Crippen LogP contribution in [0.5, 0.6) is 0 Å². The zero-order chi connectivity index (χ0) is 14.7. The lowest BCUT2D eigenvalue weighted by molar-refractivity contribution is 0.452. The Morgan fingerprint density at radius 3 is 2.52 bits per heavy atom. The first-order valence-electron chi connectivity index (χ1n) is 7.16. The van der Waals surface area contributed by atoms with E-state index in [4.69, 9.17) is 0 Å². The molecule has 1 saturated heterocycles. The average Bonchev–Trinajstić information content (AvgIpc) is 2.50. The highest BCUT2D eigenvalue weighted by Gasteiger charge is 2.20. The lowest BCUT2D eigenvalue weighted by atomic mass is 9.90. The monoisotopic (exact) mass is 305 g/mol. The SMILES string of the molecule is Fc1cccc(Sc2c(F)cccc2C2CCNCC2)c1. The summed E-state index contributed by atoms with van der Waals surface area (Å²) >= 11 is 1.31. The van der Waals surface area contributed by atoms with E-state index in [0.29, 0.717) is 10.8 Å². The zero-order valence-corrected chi connectivity index (χ0v) is 12.4. The summed E-state index contributed by atoms with van der Waals surface area (Å²) in [7, 11) is 0. The van der Waals surface area contributed by atoms with Crippen molar-refractivity contribution in [3.63, 3.8) is 0 Å². The van der Waals surface area contributed by atoms with Crippen molar-refractivity contribution in [2.75, 3.05) is 13.1 Å². The molecular weight excluding hydrogens is 288 g/mol. The first kappa shape index (κ1) is 14.5. The van der Waals surface area contributed by atoms with Crippen molar-refractivity contribution in [2.45, 2.75) is 28.6 Å². The summed E-state index contributed by atoms with van der Waals surface area (Å²) in [4.78, 5) is 1.37. The molecule has 1 aliphatic rings. The molecule has 0 saturated carbocycles. The zero-order valence-electron chi connectivity index (χ0n) is 11.6. The van der Waals surface area contributed by atoms with E-state index in [9.17, 15) is 8.78 Å². The Labute approximate surface area is 127 Å². The van der Waals surface area contributed by atoms with Crippen LogP contribution in [0, 0.1) is 11.6 Å². The summed E-state index contributed by atoms with van der Waals surface area (Å²) < 4.78 is 27.6. The summed E-state index contributed by atoms with van der Waals surface area (Å²) in [5, 5.41) is 3.33. The van der Waals surface area contributed by atoms with E-state index in [1.54, 1.807) is 12.1 Å². The van der Waals surface area contributed by atoms with Gasteiger partial charge in [0, 0.05) is 4.90 Å². The molecule has 4 heteroatoms. The van der Waals surface area contributed by atoms with Crippen LogP contribution in [0.25, 0.3) is 0 Å². The highest BCUT2D eigenvalue weighted by molar-refractivity contribution is 7.99. The molecule has 0 unspecified atom stereocenters. The summed E-state index contributed by atoms with van der Waals surface area (Å²) in [6.07, 6.45) is 2.03. The largest absolute Gasteiger partial charge is 0.317 e. The van der Waals surface area contributed by atoms with E-state index in [0.717, 1.165) is 36.4 Å². The van der Waals surface area contributed by atoms with Gasteiger partial charge in [0.05, 0.1) is 4.90 Å². The van der Waals surface area contributed by atoms with Gasteiger partial charge in [0.25, 0.3) is 0 Å². The summed E-state index contributed by atoms with van der Waals surface area (Å²) in [5.41, 5.74) is 1.05. The van der Waals surface area contributed by atoms with Crippen molar-refractivity contribution >= 4 is 11.8 Å². The minimum Gasteiger partial charge on any atom is -0.317 e. The molecule has 2 aromatic carbocycles. The predicted molar refractivity (Wildman–Crippen MR) is 81.8 cm³/mol. The molecule has 1 heterocycles. The van der Waals surface area contributed by atoms with Gasteiger partial charge in [-0.05, 0) is 61.7 Å². The Morgan fingerprint density at radius 2 is 1.76 bits per heavy atom. The van der Waals surface area contributed by atoms with Crippen LogP contribution in [-0.2, 0) is 0 Å². The minimum absolute atomic E-state index is 0.222. The second-order valence-electron chi connectivity index (χ2n) is 5.24. The van der Waals surface area contributed by atoms with Gasteiger partial charge in [-0.15, -0.1) is 0 Å². The number of rotatable bonds is 3. The molecule has 0 radical (unpaired) electrons. The highest BCUT2D eigenvalue weighted by atomic mass is 32.2. The Kier molecular flexibility index (Phi) is 4.56. The van der Waals surface area contributed by atoms with Crippen LogP contribution < -0.4 is 5.32 Å². The molecule has 0 aromatic heterocycles. The maximum absolute atomic E-state index is 14.3. The van der Waals surface area contributed by atoms with E-state index >= 15 is 0 Å². The number of piperidine rings is 1. The summed E-state index contributed by atoms with van der Waals surface area (Å²) in [6.45, 7) is 1.93. The van der Waals surface area contributed by atoms with Crippen molar-refractivity contribution in [1.29, 1.82) is 0 Å². The number of halogens is 2. The van der Waals surface area contributed by atoms with Crippen molar-refractivity contribution in [1.82, 2.24) is 5.32 Å². The molecule has 21 heavy (non-hydrogen) atoms. The molecule has 1 N–H and O–H groups in total. The van der Waals surface area contributed by atoms with E-state index in [-0.39, 0.29) is 11.6 Å². The molecule has 0 bridgehead atoms. The molecule has 0 atom stereocenters. The van der Waals surface area contributed by atoms with Crippen molar-refractivity contribution < 1.29 is 8.78 Å². The van der Waals surface area contributed by atoms with Gasteiger partial charge in [-0.3, -0.25) is 0 Å². The average molecular weight is 305 g/mol.